The van der Waals surface area contributed by atoms with E-state index in [1.807, 2.05) is 0 Å². The summed E-state index contributed by atoms with van der Waals surface area (Å²) in [5.74, 6) is -0.864. The van der Waals surface area contributed by atoms with E-state index in [0.717, 1.165) is 5.56 Å². The lowest BCUT2D eigenvalue weighted by Crippen LogP contribution is -2.48. The van der Waals surface area contributed by atoms with Crippen molar-refractivity contribution in [3.05, 3.63) is 34.9 Å². The molecule has 2 rings (SSSR count). The highest BCUT2D eigenvalue weighted by Gasteiger charge is 2.36. The van der Waals surface area contributed by atoms with E-state index in [1.54, 1.807) is 11.8 Å². The lowest BCUT2D eigenvalue weighted by atomic mass is 9.78. The maximum absolute atomic E-state index is 12.8. The molecule has 0 spiro atoms. The van der Waals surface area contributed by atoms with E-state index in [4.69, 9.17) is 9.47 Å². The Labute approximate surface area is 199 Å². The van der Waals surface area contributed by atoms with Crippen molar-refractivity contribution in [3.63, 3.8) is 0 Å². The summed E-state index contributed by atoms with van der Waals surface area (Å²) in [6.07, 6.45) is 1.08. The van der Waals surface area contributed by atoms with Crippen molar-refractivity contribution in [2.45, 2.75) is 91.0 Å². The molecule has 0 aromatic heterocycles. The first-order valence-electron chi connectivity index (χ1n) is 11.9. The highest BCUT2D eigenvalue weighted by Crippen LogP contribution is 2.33. The molecule has 0 unspecified atom stereocenters. The molecule has 1 aromatic rings. The monoisotopic (exact) mass is 459 g/mol. The standard InChI is InChI=1S/C27H41NO5/c1-9-33-24(30)17-23(29)19-10-11-28(25(31)32-8)22(15-19)14-18-12-20(26(2,3)4)16-21(13-18)27(5,6)7/h12-13,16,19,22H,9-11,14-15,17H2,1-8H3/t19-,22-/m1/s1. The number of ether oxygens (including phenoxy) is 2. The first-order valence-corrected chi connectivity index (χ1v) is 11.9. The van der Waals surface area contributed by atoms with Crippen LogP contribution in [0.25, 0.3) is 0 Å². The number of Topliss-reactive ketones (excluding diaryl/α,β-unsaturated/α-hetero) is 1. The Balaban J connectivity index is 2.34. The smallest absolute Gasteiger partial charge is 0.409 e. The van der Waals surface area contributed by atoms with Gasteiger partial charge in [-0.1, -0.05) is 59.7 Å². The predicted molar refractivity (Wildman–Crippen MR) is 129 cm³/mol. The number of rotatable bonds is 6. The molecule has 0 radical (unpaired) electrons. The maximum Gasteiger partial charge on any atom is 0.409 e. The average molecular weight is 460 g/mol. The summed E-state index contributed by atoms with van der Waals surface area (Å²) in [5.41, 5.74) is 3.62. The zero-order valence-electron chi connectivity index (χ0n) is 21.6. The molecule has 184 valence electrons. The number of amides is 1. The minimum atomic E-state index is -0.484. The van der Waals surface area contributed by atoms with Gasteiger partial charge in [-0.25, -0.2) is 4.79 Å². The van der Waals surface area contributed by atoms with Gasteiger partial charge < -0.3 is 14.4 Å². The van der Waals surface area contributed by atoms with Crippen molar-refractivity contribution in [3.8, 4) is 0 Å². The molecule has 0 bridgehead atoms. The number of piperidine rings is 1. The van der Waals surface area contributed by atoms with Gasteiger partial charge in [0, 0.05) is 18.5 Å². The number of methoxy groups -OCH3 is 1. The summed E-state index contributed by atoms with van der Waals surface area (Å²) in [6.45, 7) is 15.6. The summed E-state index contributed by atoms with van der Waals surface area (Å²) in [5, 5.41) is 0. The van der Waals surface area contributed by atoms with Crippen LogP contribution in [0.3, 0.4) is 0 Å². The molecule has 6 heteroatoms. The van der Waals surface area contributed by atoms with Gasteiger partial charge in [-0.3, -0.25) is 9.59 Å². The number of likely N-dealkylation sites (tertiary alicyclic amines) is 1. The molecule has 0 saturated carbocycles. The van der Waals surface area contributed by atoms with Crippen LogP contribution in [0.1, 0.15) is 84.4 Å². The van der Waals surface area contributed by atoms with Crippen molar-refractivity contribution in [1.29, 1.82) is 0 Å². The van der Waals surface area contributed by atoms with Crippen molar-refractivity contribution in [2.75, 3.05) is 20.3 Å². The molecular weight excluding hydrogens is 418 g/mol. The molecule has 33 heavy (non-hydrogen) atoms. The van der Waals surface area contributed by atoms with Crippen LogP contribution in [0.5, 0.6) is 0 Å². The van der Waals surface area contributed by atoms with E-state index in [-0.39, 0.29) is 47.7 Å². The number of ketones is 1. The van der Waals surface area contributed by atoms with Crippen LogP contribution in [0.4, 0.5) is 4.79 Å². The molecule has 0 N–H and O–H groups in total. The quantitative estimate of drug-likeness (QED) is 0.432. The van der Waals surface area contributed by atoms with Crippen LogP contribution in [-0.2, 0) is 36.3 Å². The summed E-state index contributed by atoms with van der Waals surface area (Å²) in [6, 6.07) is 6.53. The Morgan fingerprint density at radius 1 is 1.00 bits per heavy atom. The highest BCUT2D eigenvalue weighted by atomic mass is 16.5. The zero-order chi connectivity index (χ0) is 25.0. The molecule has 1 fully saturated rings. The lowest BCUT2D eigenvalue weighted by molar-refractivity contribution is -0.146. The largest absolute Gasteiger partial charge is 0.466 e. The second kappa shape index (κ2) is 10.7. The molecule has 1 saturated heterocycles. The van der Waals surface area contributed by atoms with Gasteiger partial charge in [-0.15, -0.1) is 0 Å². The van der Waals surface area contributed by atoms with E-state index in [0.29, 0.717) is 25.8 Å². The Bertz CT molecular complexity index is 830. The van der Waals surface area contributed by atoms with Crippen LogP contribution >= 0.6 is 0 Å². The molecule has 1 aromatic carbocycles. The van der Waals surface area contributed by atoms with Gasteiger partial charge in [0.1, 0.15) is 12.2 Å². The molecule has 0 aliphatic carbocycles. The van der Waals surface area contributed by atoms with Gasteiger partial charge in [0.25, 0.3) is 0 Å². The van der Waals surface area contributed by atoms with Gasteiger partial charge in [-0.05, 0) is 53.7 Å². The van der Waals surface area contributed by atoms with Crippen molar-refractivity contribution in [1.82, 2.24) is 4.90 Å². The average Bonchev–Trinajstić information content (AvgIpc) is 2.71. The number of carbonyl (C=O) groups is 3. The highest BCUT2D eigenvalue weighted by molar-refractivity contribution is 5.96. The first-order chi connectivity index (χ1) is 15.3. The fourth-order valence-corrected chi connectivity index (χ4v) is 4.34. The fraction of sp³-hybridized carbons (Fsp3) is 0.667. The van der Waals surface area contributed by atoms with Crippen LogP contribution in [0.15, 0.2) is 18.2 Å². The molecule has 1 aliphatic heterocycles. The minimum absolute atomic E-state index is 0.0112. The second-order valence-corrected chi connectivity index (χ2v) is 11.1. The summed E-state index contributed by atoms with van der Waals surface area (Å²) >= 11 is 0. The molecule has 6 nitrogen and oxygen atoms in total. The van der Waals surface area contributed by atoms with Gasteiger partial charge in [0.15, 0.2) is 0 Å². The van der Waals surface area contributed by atoms with E-state index in [9.17, 15) is 14.4 Å². The number of carbonyl (C=O) groups excluding carboxylic acids is 3. The van der Waals surface area contributed by atoms with Crippen LogP contribution < -0.4 is 0 Å². The van der Waals surface area contributed by atoms with Crippen LogP contribution in [-0.4, -0.2) is 49.0 Å². The van der Waals surface area contributed by atoms with Gasteiger partial charge in [0.05, 0.1) is 13.7 Å². The Morgan fingerprint density at radius 2 is 1.58 bits per heavy atom. The zero-order valence-corrected chi connectivity index (χ0v) is 21.6. The number of benzene rings is 1. The lowest BCUT2D eigenvalue weighted by Gasteiger charge is -2.38. The Kier molecular flexibility index (Phi) is 8.72. The number of hydrogen-bond acceptors (Lipinski definition) is 5. The van der Waals surface area contributed by atoms with Gasteiger partial charge in [0.2, 0.25) is 0 Å². The number of esters is 1. The van der Waals surface area contributed by atoms with Gasteiger partial charge >= 0.3 is 12.1 Å². The van der Waals surface area contributed by atoms with Crippen molar-refractivity contribution < 1.29 is 23.9 Å². The number of hydrogen-bond donors (Lipinski definition) is 0. The normalized spacial score (nSPS) is 19.2. The third-order valence-corrected chi connectivity index (χ3v) is 6.40. The maximum atomic E-state index is 12.8. The van der Waals surface area contributed by atoms with Crippen molar-refractivity contribution in [2.24, 2.45) is 5.92 Å². The molecule has 1 amide bonds. The minimum Gasteiger partial charge on any atom is -0.466 e. The summed E-state index contributed by atoms with van der Waals surface area (Å²) in [4.78, 5) is 38.8. The third kappa shape index (κ3) is 7.31. The van der Waals surface area contributed by atoms with Crippen molar-refractivity contribution >= 4 is 17.8 Å². The number of nitrogens with zero attached hydrogens (tertiary/aromatic N) is 1. The van der Waals surface area contributed by atoms with Crippen LogP contribution in [0, 0.1) is 5.92 Å². The Morgan fingerprint density at radius 3 is 2.06 bits per heavy atom. The Hall–Kier alpha value is -2.37. The van der Waals surface area contributed by atoms with Crippen LogP contribution in [0.2, 0.25) is 0 Å². The van der Waals surface area contributed by atoms with E-state index in [1.165, 1.54) is 18.2 Å². The first kappa shape index (κ1) is 26.9. The topological polar surface area (TPSA) is 72.9 Å². The third-order valence-electron chi connectivity index (χ3n) is 6.40. The fourth-order valence-electron chi connectivity index (χ4n) is 4.34. The van der Waals surface area contributed by atoms with E-state index >= 15 is 0 Å². The molecule has 1 heterocycles. The second-order valence-electron chi connectivity index (χ2n) is 11.1. The SMILES string of the molecule is CCOC(=O)CC(=O)[C@@H]1CCN(C(=O)OC)[C@H](Cc2cc(C(C)(C)C)cc(C(C)(C)C)c2)C1. The van der Waals surface area contributed by atoms with E-state index in [2.05, 4.69) is 59.7 Å². The summed E-state index contributed by atoms with van der Waals surface area (Å²) < 4.78 is 9.98. The molecule has 2 atom stereocenters. The molecular formula is C27H41NO5. The summed E-state index contributed by atoms with van der Waals surface area (Å²) in [7, 11) is 1.38. The van der Waals surface area contributed by atoms with Gasteiger partial charge in [-0.2, -0.15) is 0 Å². The predicted octanol–water partition coefficient (Wildman–Crippen LogP) is 5.19. The van der Waals surface area contributed by atoms with E-state index < -0.39 is 5.97 Å². The molecule has 1 aliphatic rings.